The zero-order valence-electron chi connectivity index (χ0n) is 20.4. The lowest BCUT2D eigenvalue weighted by Gasteiger charge is -2.25. The molecule has 4 atom stereocenters. The molecule has 1 aromatic heterocycles. The molecule has 3 unspecified atom stereocenters. The first kappa shape index (κ1) is 24.6. The van der Waals surface area contributed by atoms with E-state index in [1.54, 1.807) is 13.2 Å². The molecular weight excluding hydrogens is 446 g/mol. The van der Waals surface area contributed by atoms with Crippen molar-refractivity contribution < 1.29 is 19.1 Å². The van der Waals surface area contributed by atoms with Crippen LogP contribution in [-0.2, 0) is 9.59 Å². The van der Waals surface area contributed by atoms with Crippen molar-refractivity contribution in [1.29, 1.82) is 5.26 Å². The lowest BCUT2D eigenvalue weighted by molar-refractivity contribution is -0.128. The fourth-order valence-corrected chi connectivity index (χ4v) is 4.92. The normalized spacial score (nSPS) is 22.4. The average Bonchev–Trinajstić information content (AvgIpc) is 3.22. The van der Waals surface area contributed by atoms with Gasteiger partial charge in [0.25, 0.3) is 5.91 Å². The van der Waals surface area contributed by atoms with Crippen molar-refractivity contribution in [3.63, 3.8) is 0 Å². The van der Waals surface area contributed by atoms with Crippen LogP contribution in [0, 0.1) is 28.6 Å². The third-order valence-corrected chi connectivity index (χ3v) is 7.34. The molecule has 2 heterocycles. The van der Waals surface area contributed by atoms with Gasteiger partial charge in [-0.3, -0.25) is 14.4 Å². The van der Waals surface area contributed by atoms with Gasteiger partial charge >= 0.3 is 0 Å². The van der Waals surface area contributed by atoms with Gasteiger partial charge in [0, 0.05) is 23.4 Å². The van der Waals surface area contributed by atoms with Crippen molar-refractivity contribution in [2.45, 2.75) is 58.0 Å². The lowest BCUT2D eigenvalue weighted by Crippen LogP contribution is -2.50. The number of carbonyl (C=O) groups excluding carboxylic acids is 3. The van der Waals surface area contributed by atoms with Crippen LogP contribution < -0.4 is 20.7 Å². The first-order valence-electron chi connectivity index (χ1n) is 12.2. The highest BCUT2D eigenvalue weighted by molar-refractivity contribution is 6.01. The molecule has 0 radical (unpaired) electrons. The molecule has 35 heavy (non-hydrogen) atoms. The monoisotopic (exact) mass is 479 g/mol. The van der Waals surface area contributed by atoms with Gasteiger partial charge < -0.3 is 25.7 Å². The summed E-state index contributed by atoms with van der Waals surface area (Å²) in [5.41, 5.74) is 1.20. The van der Waals surface area contributed by atoms with E-state index in [4.69, 9.17) is 4.74 Å². The average molecular weight is 480 g/mol. The van der Waals surface area contributed by atoms with Gasteiger partial charge in [-0.05, 0) is 61.6 Å². The summed E-state index contributed by atoms with van der Waals surface area (Å²) in [5.74, 6) is -0.240. The minimum Gasteiger partial charge on any atom is -0.496 e. The maximum atomic E-state index is 13.2. The van der Waals surface area contributed by atoms with Crippen LogP contribution in [-0.4, -0.2) is 48.4 Å². The quantitative estimate of drug-likeness (QED) is 0.438. The van der Waals surface area contributed by atoms with E-state index in [0.717, 1.165) is 23.7 Å². The Morgan fingerprint density at radius 2 is 2.06 bits per heavy atom. The summed E-state index contributed by atoms with van der Waals surface area (Å²) in [6.45, 7) is 4.92. The van der Waals surface area contributed by atoms with Gasteiger partial charge in [-0.2, -0.15) is 5.26 Å². The van der Waals surface area contributed by atoms with Gasteiger partial charge in [-0.15, -0.1) is 0 Å². The Morgan fingerprint density at radius 3 is 2.71 bits per heavy atom. The highest BCUT2D eigenvalue weighted by atomic mass is 16.5. The maximum Gasteiger partial charge on any atom is 0.268 e. The van der Waals surface area contributed by atoms with Crippen molar-refractivity contribution in [3.8, 4) is 11.8 Å². The van der Waals surface area contributed by atoms with Crippen molar-refractivity contribution in [1.82, 2.24) is 20.9 Å². The highest BCUT2D eigenvalue weighted by Crippen LogP contribution is 2.54. The number of hydrogen-bond donors (Lipinski definition) is 4. The molecule has 4 N–H and O–H groups in total. The standard InChI is InChI=1S/C26H33N5O4/c1-26(2)13-16(26)11-20(24(33)29-17(14-27)10-15-6-5-9-28-23(15)32)31-25(34)21-12-18-19(30-21)7-4-8-22(18)35-3/h4,7-8,12,15-17,20,30H,5-6,9-11,13H2,1-3H3,(H,28,32)(H,29,33)(H,31,34)/t15?,16?,17-,20?/m0/s1. The number of methoxy groups -OCH3 is 1. The Kier molecular flexibility index (Phi) is 7.01. The van der Waals surface area contributed by atoms with Gasteiger partial charge in [0.05, 0.1) is 13.2 Å². The Hall–Kier alpha value is -3.54. The maximum absolute atomic E-state index is 13.2. The molecule has 9 nitrogen and oxygen atoms in total. The van der Waals surface area contributed by atoms with E-state index in [0.29, 0.717) is 36.7 Å². The van der Waals surface area contributed by atoms with Crippen LogP contribution in [0.25, 0.3) is 10.9 Å². The van der Waals surface area contributed by atoms with E-state index in [1.807, 2.05) is 18.2 Å². The van der Waals surface area contributed by atoms with Gasteiger partial charge in [-0.25, -0.2) is 0 Å². The minimum atomic E-state index is -0.805. The molecule has 0 spiro atoms. The molecule has 1 saturated carbocycles. The topological polar surface area (TPSA) is 136 Å². The fourth-order valence-electron chi connectivity index (χ4n) is 4.92. The summed E-state index contributed by atoms with van der Waals surface area (Å²) >= 11 is 0. The number of aromatic nitrogens is 1. The third kappa shape index (κ3) is 5.59. The van der Waals surface area contributed by atoms with Gasteiger partial charge in [0.2, 0.25) is 11.8 Å². The van der Waals surface area contributed by atoms with Crippen LogP contribution in [0.2, 0.25) is 0 Å². The SMILES string of the molecule is COc1cccc2[nH]c(C(=O)NC(CC3CC3(C)C)C(=O)N[C@H](C#N)CC3CCCNC3=O)cc12. The van der Waals surface area contributed by atoms with Crippen LogP contribution in [0.15, 0.2) is 24.3 Å². The van der Waals surface area contributed by atoms with Crippen LogP contribution in [0.4, 0.5) is 0 Å². The van der Waals surface area contributed by atoms with Crippen molar-refractivity contribution in [2.75, 3.05) is 13.7 Å². The molecule has 1 aromatic carbocycles. The molecule has 1 aliphatic heterocycles. The number of fused-ring (bicyclic) bond motifs is 1. The van der Waals surface area contributed by atoms with E-state index in [-0.39, 0.29) is 23.7 Å². The molecule has 2 fully saturated rings. The fraction of sp³-hybridized carbons (Fsp3) is 0.538. The van der Waals surface area contributed by atoms with Crippen LogP contribution in [0.3, 0.4) is 0 Å². The molecule has 1 aliphatic carbocycles. The van der Waals surface area contributed by atoms with Crippen molar-refractivity contribution >= 4 is 28.6 Å². The molecule has 3 amide bonds. The van der Waals surface area contributed by atoms with Gasteiger partial charge in [-0.1, -0.05) is 19.9 Å². The summed E-state index contributed by atoms with van der Waals surface area (Å²) in [5, 5.41) is 18.9. The second-order valence-corrected chi connectivity index (χ2v) is 10.3. The lowest BCUT2D eigenvalue weighted by atomic mass is 9.92. The van der Waals surface area contributed by atoms with Crippen molar-refractivity contribution in [2.24, 2.45) is 17.3 Å². The number of nitriles is 1. The zero-order chi connectivity index (χ0) is 25.2. The summed E-state index contributed by atoms with van der Waals surface area (Å²) in [4.78, 5) is 41.6. The Bertz CT molecular complexity index is 1160. The highest BCUT2D eigenvalue weighted by Gasteiger charge is 2.47. The number of nitrogens with zero attached hydrogens (tertiary/aromatic N) is 1. The molecule has 186 valence electrons. The zero-order valence-corrected chi connectivity index (χ0v) is 20.4. The molecule has 9 heteroatoms. The number of rotatable bonds is 9. The van der Waals surface area contributed by atoms with E-state index >= 15 is 0 Å². The van der Waals surface area contributed by atoms with Gasteiger partial charge in [0.1, 0.15) is 23.5 Å². The number of piperidine rings is 1. The number of hydrogen-bond acceptors (Lipinski definition) is 5. The number of amides is 3. The molecule has 2 aliphatic rings. The van der Waals surface area contributed by atoms with E-state index in [2.05, 4.69) is 40.9 Å². The minimum absolute atomic E-state index is 0.0791. The number of benzene rings is 1. The predicted molar refractivity (Wildman–Crippen MR) is 131 cm³/mol. The van der Waals surface area contributed by atoms with E-state index in [9.17, 15) is 19.6 Å². The second-order valence-electron chi connectivity index (χ2n) is 10.3. The summed E-state index contributed by atoms with van der Waals surface area (Å²) < 4.78 is 5.37. The Morgan fingerprint density at radius 1 is 1.29 bits per heavy atom. The van der Waals surface area contributed by atoms with E-state index in [1.165, 1.54) is 0 Å². The summed E-state index contributed by atoms with van der Waals surface area (Å²) in [6, 6.07) is 7.72. The Balaban J connectivity index is 1.47. The number of H-pyrrole nitrogens is 1. The van der Waals surface area contributed by atoms with Crippen LogP contribution >= 0.6 is 0 Å². The molecule has 1 saturated heterocycles. The first-order valence-corrected chi connectivity index (χ1v) is 12.2. The number of ether oxygens (including phenoxy) is 1. The molecule has 4 rings (SSSR count). The second kappa shape index (κ2) is 9.98. The smallest absolute Gasteiger partial charge is 0.268 e. The number of aromatic amines is 1. The first-order chi connectivity index (χ1) is 16.7. The van der Waals surface area contributed by atoms with Gasteiger partial charge in [0.15, 0.2) is 0 Å². The van der Waals surface area contributed by atoms with Crippen LogP contribution in [0.1, 0.15) is 56.4 Å². The number of nitrogens with one attached hydrogen (secondary N) is 4. The van der Waals surface area contributed by atoms with Crippen molar-refractivity contribution in [3.05, 3.63) is 30.0 Å². The molecule has 2 aromatic rings. The predicted octanol–water partition coefficient (Wildman–Crippen LogP) is 2.64. The molecular formula is C26H33N5O4. The largest absolute Gasteiger partial charge is 0.496 e. The Labute approximate surface area is 205 Å². The van der Waals surface area contributed by atoms with E-state index < -0.39 is 23.9 Å². The summed E-state index contributed by atoms with van der Waals surface area (Å²) in [6.07, 6.45) is 3.26. The van der Waals surface area contributed by atoms with Crippen LogP contribution in [0.5, 0.6) is 5.75 Å². The third-order valence-electron chi connectivity index (χ3n) is 7.34. The summed E-state index contributed by atoms with van der Waals surface area (Å²) in [7, 11) is 1.57. The number of carbonyl (C=O) groups is 3. The molecule has 0 bridgehead atoms.